The molecular formula is C15H22N2S. The molecule has 2 unspecified atom stereocenters. The molecule has 0 fully saturated rings. The van der Waals surface area contributed by atoms with Gasteiger partial charge in [0.25, 0.3) is 0 Å². The Hall–Kier alpha value is -0.930. The number of hydrogen-bond donors (Lipinski definition) is 1. The zero-order chi connectivity index (χ0) is 13.0. The molecule has 98 valence electrons. The highest BCUT2D eigenvalue weighted by Crippen LogP contribution is 2.21. The highest BCUT2D eigenvalue weighted by molar-refractivity contribution is 7.18. The largest absolute Gasteiger partial charge is 0.308 e. The van der Waals surface area contributed by atoms with Crippen LogP contribution in [0.15, 0.2) is 24.3 Å². The maximum Gasteiger partial charge on any atom is 0.108 e. The van der Waals surface area contributed by atoms with Gasteiger partial charge in [-0.2, -0.15) is 0 Å². The third-order valence-corrected chi connectivity index (χ3v) is 4.43. The van der Waals surface area contributed by atoms with Crippen LogP contribution in [0.3, 0.4) is 0 Å². The summed E-state index contributed by atoms with van der Waals surface area (Å²) in [5.41, 5.74) is 1.12. The van der Waals surface area contributed by atoms with Crippen molar-refractivity contribution in [1.29, 1.82) is 0 Å². The van der Waals surface area contributed by atoms with Crippen molar-refractivity contribution >= 4 is 21.6 Å². The fourth-order valence-corrected chi connectivity index (χ4v) is 3.03. The first kappa shape index (κ1) is 13.5. The summed E-state index contributed by atoms with van der Waals surface area (Å²) in [6.45, 7) is 7.72. The standard InChI is InChI=1S/C15H22N2S/c1-4-11(2)9-12(3)16-10-15-17-13-7-5-6-8-14(13)18-15/h5-8,11-12,16H,4,9-10H2,1-3H3. The van der Waals surface area contributed by atoms with E-state index in [4.69, 9.17) is 0 Å². The first-order valence-corrected chi connectivity index (χ1v) is 7.58. The van der Waals surface area contributed by atoms with Crippen molar-refractivity contribution in [2.24, 2.45) is 5.92 Å². The zero-order valence-corrected chi connectivity index (χ0v) is 12.3. The molecule has 0 aliphatic carbocycles. The zero-order valence-electron chi connectivity index (χ0n) is 11.4. The van der Waals surface area contributed by atoms with Crippen LogP contribution in [0, 0.1) is 5.92 Å². The summed E-state index contributed by atoms with van der Waals surface area (Å²) in [5.74, 6) is 0.794. The third-order valence-electron chi connectivity index (χ3n) is 3.39. The second-order valence-corrected chi connectivity index (χ2v) is 6.22. The van der Waals surface area contributed by atoms with Gasteiger partial charge >= 0.3 is 0 Å². The Labute approximate surface area is 113 Å². The molecule has 2 nitrogen and oxygen atoms in total. The summed E-state index contributed by atoms with van der Waals surface area (Å²) in [5, 5.41) is 4.76. The van der Waals surface area contributed by atoms with Gasteiger partial charge in [0.15, 0.2) is 0 Å². The lowest BCUT2D eigenvalue weighted by atomic mass is 10.0. The molecule has 0 radical (unpaired) electrons. The molecule has 3 heteroatoms. The normalized spacial score (nSPS) is 14.8. The Morgan fingerprint density at radius 1 is 1.28 bits per heavy atom. The summed E-state index contributed by atoms with van der Waals surface area (Å²) < 4.78 is 1.28. The maximum atomic E-state index is 4.64. The molecule has 1 heterocycles. The van der Waals surface area contributed by atoms with Crippen LogP contribution in [0.1, 0.15) is 38.6 Å². The van der Waals surface area contributed by atoms with Gasteiger partial charge in [0.2, 0.25) is 0 Å². The van der Waals surface area contributed by atoms with Gasteiger partial charge in [-0.15, -0.1) is 11.3 Å². The Morgan fingerprint density at radius 3 is 2.78 bits per heavy atom. The van der Waals surface area contributed by atoms with Crippen LogP contribution in [0.4, 0.5) is 0 Å². The number of nitrogens with one attached hydrogen (secondary N) is 1. The van der Waals surface area contributed by atoms with Gasteiger partial charge in [-0.05, 0) is 31.4 Å². The Balaban J connectivity index is 1.89. The number of fused-ring (bicyclic) bond motifs is 1. The number of aromatic nitrogens is 1. The second kappa shape index (κ2) is 6.30. The molecule has 18 heavy (non-hydrogen) atoms. The average molecular weight is 262 g/mol. The molecule has 2 atom stereocenters. The molecule has 0 amide bonds. The fraction of sp³-hybridized carbons (Fsp3) is 0.533. The number of hydrogen-bond acceptors (Lipinski definition) is 3. The molecule has 0 saturated heterocycles. The monoisotopic (exact) mass is 262 g/mol. The van der Waals surface area contributed by atoms with E-state index >= 15 is 0 Å². The molecule has 0 spiro atoms. The molecule has 0 aliphatic heterocycles. The highest BCUT2D eigenvalue weighted by atomic mass is 32.1. The minimum atomic E-state index is 0.562. The predicted octanol–water partition coefficient (Wildman–Crippen LogP) is 4.21. The number of benzene rings is 1. The van der Waals surface area contributed by atoms with E-state index in [1.807, 2.05) is 6.07 Å². The lowest BCUT2D eigenvalue weighted by molar-refractivity contribution is 0.412. The summed E-state index contributed by atoms with van der Waals surface area (Å²) in [6, 6.07) is 8.90. The SMILES string of the molecule is CCC(C)CC(C)NCc1nc2ccccc2s1. The van der Waals surface area contributed by atoms with Crippen molar-refractivity contribution in [1.82, 2.24) is 10.3 Å². The lowest BCUT2D eigenvalue weighted by Crippen LogP contribution is -2.27. The van der Waals surface area contributed by atoms with E-state index < -0.39 is 0 Å². The van der Waals surface area contributed by atoms with Gasteiger partial charge in [0, 0.05) is 12.6 Å². The smallest absolute Gasteiger partial charge is 0.108 e. The molecular weight excluding hydrogens is 240 g/mol. The van der Waals surface area contributed by atoms with Gasteiger partial charge < -0.3 is 5.32 Å². The van der Waals surface area contributed by atoms with Crippen molar-refractivity contribution < 1.29 is 0 Å². The number of para-hydroxylation sites is 1. The van der Waals surface area contributed by atoms with E-state index in [1.54, 1.807) is 11.3 Å². The van der Waals surface area contributed by atoms with Crippen LogP contribution in [0.2, 0.25) is 0 Å². The van der Waals surface area contributed by atoms with Crippen LogP contribution in [-0.4, -0.2) is 11.0 Å². The number of thiazole rings is 1. The molecule has 1 aromatic carbocycles. The Morgan fingerprint density at radius 2 is 2.06 bits per heavy atom. The molecule has 1 aromatic heterocycles. The molecule has 2 rings (SSSR count). The van der Waals surface area contributed by atoms with Crippen LogP contribution in [0.25, 0.3) is 10.2 Å². The van der Waals surface area contributed by atoms with Crippen molar-refractivity contribution in [2.45, 2.75) is 46.2 Å². The minimum absolute atomic E-state index is 0.562. The minimum Gasteiger partial charge on any atom is -0.308 e. The van der Waals surface area contributed by atoms with Gasteiger partial charge in [-0.1, -0.05) is 32.4 Å². The van der Waals surface area contributed by atoms with Crippen LogP contribution in [-0.2, 0) is 6.54 Å². The highest BCUT2D eigenvalue weighted by Gasteiger charge is 2.08. The molecule has 0 aliphatic rings. The van der Waals surface area contributed by atoms with Crippen molar-refractivity contribution in [2.75, 3.05) is 0 Å². The van der Waals surface area contributed by atoms with Crippen LogP contribution < -0.4 is 5.32 Å². The molecule has 0 bridgehead atoms. The topological polar surface area (TPSA) is 24.9 Å². The van der Waals surface area contributed by atoms with E-state index in [2.05, 4.69) is 49.3 Å². The van der Waals surface area contributed by atoms with Crippen molar-refractivity contribution in [3.8, 4) is 0 Å². The third kappa shape index (κ3) is 3.53. The number of rotatable bonds is 6. The Kier molecular flexibility index (Phi) is 4.72. The summed E-state index contributed by atoms with van der Waals surface area (Å²) in [6.07, 6.45) is 2.49. The van der Waals surface area contributed by atoms with Gasteiger partial charge in [-0.25, -0.2) is 4.98 Å². The predicted molar refractivity (Wildman–Crippen MR) is 80.0 cm³/mol. The molecule has 0 saturated carbocycles. The van der Waals surface area contributed by atoms with Gasteiger partial charge in [-0.3, -0.25) is 0 Å². The van der Waals surface area contributed by atoms with Crippen LogP contribution >= 0.6 is 11.3 Å². The quantitative estimate of drug-likeness (QED) is 0.843. The van der Waals surface area contributed by atoms with Crippen molar-refractivity contribution in [3.63, 3.8) is 0 Å². The van der Waals surface area contributed by atoms with Crippen molar-refractivity contribution in [3.05, 3.63) is 29.3 Å². The van der Waals surface area contributed by atoms with E-state index in [-0.39, 0.29) is 0 Å². The fourth-order valence-electron chi connectivity index (χ4n) is 2.11. The van der Waals surface area contributed by atoms with Gasteiger partial charge in [0.05, 0.1) is 10.2 Å². The summed E-state index contributed by atoms with van der Waals surface area (Å²) in [7, 11) is 0. The first-order chi connectivity index (χ1) is 8.69. The van der Waals surface area contributed by atoms with E-state index in [0.717, 1.165) is 18.0 Å². The number of nitrogens with zero attached hydrogens (tertiary/aromatic N) is 1. The maximum absolute atomic E-state index is 4.64. The average Bonchev–Trinajstić information content (AvgIpc) is 2.79. The molecule has 1 N–H and O–H groups in total. The van der Waals surface area contributed by atoms with E-state index in [0.29, 0.717) is 6.04 Å². The molecule has 2 aromatic rings. The Bertz CT molecular complexity index is 459. The first-order valence-electron chi connectivity index (χ1n) is 6.77. The van der Waals surface area contributed by atoms with E-state index in [9.17, 15) is 0 Å². The second-order valence-electron chi connectivity index (χ2n) is 5.11. The van der Waals surface area contributed by atoms with Gasteiger partial charge in [0.1, 0.15) is 5.01 Å². The van der Waals surface area contributed by atoms with Crippen LogP contribution in [0.5, 0.6) is 0 Å². The summed E-state index contributed by atoms with van der Waals surface area (Å²) in [4.78, 5) is 4.64. The summed E-state index contributed by atoms with van der Waals surface area (Å²) >= 11 is 1.79. The lowest BCUT2D eigenvalue weighted by Gasteiger charge is -2.16. The van der Waals surface area contributed by atoms with E-state index in [1.165, 1.54) is 22.5 Å².